The van der Waals surface area contributed by atoms with Crippen molar-refractivity contribution in [2.45, 2.75) is 46.5 Å². The molecule has 13 heteroatoms. The summed E-state index contributed by atoms with van der Waals surface area (Å²) >= 11 is 0. The van der Waals surface area contributed by atoms with Gasteiger partial charge in [0.25, 0.3) is 0 Å². The van der Waals surface area contributed by atoms with Crippen LogP contribution in [-0.4, -0.2) is 33.8 Å². The number of benzene rings is 2. The number of ether oxygens (including phenoxy) is 1. The third kappa shape index (κ3) is 8.85. The van der Waals surface area contributed by atoms with Gasteiger partial charge in [-0.2, -0.15) is 31.4 Å². The summed E-state index contributed by atoms with van der Waals surface area (Å²) in [6.45, 7) is 6.55. The molecular weight excluding hydrogens is 590 g/mol. The number of halogens is 6. The average Bonchev–Trinajstić information content (AvgIpc) is 3.35. The van der Waals surface area contributed by atoms with Crippen LogP contribution in [0.2, 0.25) is 0 Å². The minimum absolute atomic E-state index is 0.0203. The Labute approximate surface area is 249 Å². The van der Waals surface area contributed by atoms with Gasteiger partial charge in [0.15, 0.2) is 11.5 Å². The monoisotopic (exact) mass is 620 g/mol. The molecule has 0 aliphatic carbocycles. The van der Waals surface area contributed by atoms with Crippen molar-refractivity contribution in [1.29, 1.82) is 0 Å². The quantitative estimate of drug-likeness (QED) is 0.0823. The maximum atomic E-state index is 13.7. The van der Waals surface area contributed by atoms with Crippen LogP contribution in [0.25, 0.3) is 17.5 Å². The van der Waals surface area contributed by atoms with Gasteiger partial charge in [0, 0.05) is 29.1 Å². The molecule has 2 aromatic carbocycles. The van der Waals surface area contributed by atoms with Crippen LogP contribution in [0.5, 0.6) is 5.75 Å². The first-order chi connectivity index (χ1) is 20.5. The Morgan fingerprint density at radius 2 is 1.77 bits per heavy atom. The topological polar surface area (TPSA) is 88.7 Å². The summed E-state index contributed by atoms with van der Waals surface area (Å²) in [6.07, 6.45) is -4.84. The van der Waals surface area contributed by atoms with Gasteiger partial charge < -0.3 is 15.2 Å². The zero-order chi connectivity index (χ0) is 32.8. The van der Waals surface area contributed by atoms with Crippen LogP contribution in [0, 0.1) is 6.92 Å². The highest BCUT2D eigenvalue weighted by Gasteiger charge is 2.35. The molecule has 0 unspecified atom stereocenters. The van der Waals surface area contributed by atoms with E-state index in [1.807, 2.05) is 13.8 Å². The number of carboxylic acids is 1. The van der Waals surface area contributed by atoms with Crippen molar-refractivity contribution in [3.8, 4) is 5.75 Å². The molecule has 44 heavy (non-hydrogen) atoms. The zero-order valence-electron chi connectivity index (χ0n) is 24.4. The molecule has 1 aromatic heterocycles. The lowest BCUT2D eigenvalue weighted by atomic mass is 9.99. The van der Waals surface area contributed by atoms with Gasteiger partial charge in [-0.25, -0.2) is 14.5 Å². The van der Waals surface area contributed by atoms with E-state index < -0.39 is 29.6 Å². The number of nitrogens with zero attached hydrogens (tertiary/aromatic N) is 3. The number of aryl methyl sites for hydroxylation is 1. The number of hydrogen-bond donors (Lipinski definition) is 2. The van der Waals surface area contributed by atoms with E-state index in [4.69, 9.17) is 9.84 Å². The summed E-state index contributed by atoms with van der Waals surface area (Å²) < 4.78 is 87.6. The molecule has 1 heterocycles. The van der Waals surface area contributed by atoms with Crippen LogP contribution in [0.4, 0.5) is 32.0 Å². The molecule has 0 bridgehead atoms. The molecule has 0 saturated heterocycles. The smallest absolute Gasteiger partial charge is 0.435 e. The van der Waals surface area contributed by atoms with Crippen molar-refractivity contribution in [1.82, 2.24) is 9.78 Å². The van der Waals surface area contributed by atoms with E-state index in [0.717, 1.165) is 34.5 Å². The van der Waals surface area contributed by atoms with Crippen molar-refractivity contribution < 1.29 is 41.0 Å². The second-order valence-corrected chi connectivity index (χ2v) is 9.73. The molecule has 2 N–H and O–H groups in total. The van der Waals surface area contributed by atoms with E-state index in [1.54, 1.807) is 30.3 Å². The number of nitrogens with one attached hydrogen (secondary N) is 1. The number of rotatable bonds is 9. The van der Waals surface area contributed by atoms with Crippen molar-refractivity contribution in [2.75, 3.05) is 12.4 Å². The first-order valence-corrected chi connectivity index (χ1v) is 13.2. The highest BCUT2D eigenvalue weighted by Crippen LogP contribution is 2.35. The third-order valence-electron chi connectivity index (χ3n) is 6.25. The summed E-state index contributed by atoms with van der Waals surface area (Å²) in [6, 6.07) is 10.5. The Bertz CT molecular complexity index is 1650. The number of carboxylic acid groups (broad SMARTS) is 1. The van der Waals surface area contributed by atoms with Gasteiger partial charge in [0.05, 0.1) is 12.7 Å². The molecule has 0 aliphatic rings. The van der Waals surface area contributed by atoms with Crippen LogP contribution in [0.15, 0.2) is 71.2 Å². The minimum atomic E-state index is -4.76. The largest absolute Gasteiger partial charge is 0.497 e. The Morgan fingerprint density at radius 3 is 2.34 bits per heavy atom. The highest BCUT2D eigenvalue weighted by molar-refractivity contribution is 6.00. The predicted octanol–water partition coefficient (Wildman–Crippen LogP) is 8.55. The van der Waals surface area contributed by atoms with E-state index in [2.05, 4.69) is 15.4 Å². The Balaban J connectivity index is 2.34. The lowest BCUT2D eigenvalue weighted by Gasteiger charge is -2.16. The lowest BCUT2D eigenvalue weighted by Crippen LogP contribution is -2.13. The van der Waals surface area contributed by atoms with Gasteiger partial charge in [0.1, 0.15) is 11.6 Å². The Hall–Kier alpha value is -4.81. The van der Waals surface area contributed by atoms with Crippen LogP contribution >= 0.6 is 0 Å². The maximum Gasteiger partial charge on any atom is 0.435 e. The van der Waals surface area contributed by atoms with Crippen molar-refractivity contribution in [2.24, 2.45) is 4.99 Å². The molecule has 0 spiro atoms. The number of amidine groups is 1. The fourth-order valence-electron chi connectivity index (χ4n) is 4.00. The fraction of sp³-hybridized carbons (Fsp3) is 0.258. The second kappa shape index (κ2) is 13.7. The number of alkyl halides is 6. The average molecular weight is 621 g/mol. The summed E-state index contributed by atoms with van der Waals surface area (Å²) in [5.74, 6) is -1.27. The summed E-state index contributed by atoms with van der Waals surface area (Å²) in [5.41, 5.74) is 0.0534. The molecule has 0 saturated carbocycles. The van der Waals surface area contributed by atoms with E-state index in [0.29, 0.717) is 23.1 Å². The van der Waals surface area contributed by atoms with Crippen LogP contribution in [0.3, 0.4) is 0 Å². The van der Waals surface area contributed by atoms with E-state index in [-0.39, 0.29) is 28.8 Å². The maximum absolute atomic E-state index is 13.7. The van der Waals surface area contributed by atoms with Crippen molar-refractivity contribution >= 4 is 35.0 Å². The number of aliphatic imine (C=N–C) groups is 1. The van der Waals surface area contributed by atoms with Gasteiger partial charge in [-0.3, -0.25) is 0 Å². The lowest BCUT2D eigenvalue weighted by molar-refractivity contribution is -0.141. The minimum Gasteiger partial charge on any atom is -0.497 e. The Kier molecular flexibility index (Phi) is 10.5. The standard InChI is InChI=1S/C31H30F6N4O3/c1-6-18(2)12-26(22-9-7-8-21(14-22)10-11-28(42)43)29(41-19(3)13-27(40-41)31(35,36)37)39-20(4)38-24-15-23(30(32,33)34)16-25(17-24)44-5/h7-17H,6H2,1-5H3,(H,38,39)(H,42,43)/b11-10+,18-12?,29-26?. The number of hydrogen-bond acceptors (Lipinski definition) is 4. The predicted molar refractivity (Wildman–Crippen MR) is 157 cm³/mol. The molecular formula is C31H30F6N4O3. The number of aliphatic carboxylic acids is 1. The normalized spacial score (nSPS) is 13.7. The number of carbonyl (C=O) groups is 1. The Morgan fingerprint density at radius 1 is 1.07 bits per heavy atom. The summed E-state index contributed by atoms with van der Waals surface area (Å²) in [4.78, 5) is 15.6. The molecule has 7 nitrogen and oxygen atoms in total. The molecule has 3 rings (SSSR count). The van der Waals surface area contributed by atoms with Gasteiger partial charge >= 0.3 is 18.3 Å². The molecule has 0 amide bonds. The number of allylic oxidation sites excluding steroid dienone is 3. The third-order valence-corrected chi connectivity index (χ3v) is 6.25. The fourth-order valence-corrected chi connectivity index (χ4v) is 4.00. The van der Waals surface area contributed by atoms with Crippen molar-refractivity contribution in [3.63, 3.8) is 0 Å². The van der Waals surface area contributed by atoms with Gasteiger partial charge in [-0.05, 0) is 68.7 Å². The van der Waals surface area contributed by atoms with Crippen LogP contribution in [0.1, 0.15) is 55.3 Å². The molecule has 3 aromatic rings. The zero-order valence-corrected chi connectivity index (χ0v) is 24.4. The SMILES string of the molecule is CCC(C)=CC(=C(N=C(C)Nc1cc(OC)cc(C(F)(F)F)c1)n1nc(C(F)(F)F)cc1C)c1cccc(/C=C/C(=O)O)c1. The molecule has 234 valence electrons. The van der Waals surface area contributed by atoms with Crippen LogP contribution in [-0.2, 0) is 17.1 Å². The molecule has 0 radical (unpaired) electrons. The summed E-state index contributed by atoms with van der Waals surface area (Å²) in [7, 11) is 1.22. The van der Waals surface area contributed by atoms with Gasteiger partial charge in [-0.15, -0.1) is 0 Å². The summed E-state index contributed by atoms with van der Waals surface area (Å²) in [5, 5.41) is 15.6. The number of anilines is 1. The van der Waals surface area contributed by atoms with E-state index >= 15 is 0 Å². The van der Waals surface area contributed by atoms with E-state index in [9.17, 15) is 31.1 Å². The van der Waals surface area contributed by atoms with E-state index in [1.165, 1.54) is 33.1 Å². The van der Waals surface area contributed by atoms with Crippen molar-refractivity contribution in [3.05, 3.63) is 94.3 Å². The first-order valence-electron chi connectivity index (χ1n) is 13.2. The molecule has 0 aliphatic heterocycles. The second-order valence-electron chi connectivity index (χ2n) is 9.73. The molecule has 0 atom stereocenters. The van der Waals surface area contributed by atoms with Crippen LogP contribution < -0.4 is 10.1 Å². The highest BCUT2D eigenvalue weighted by atomic mass is 19.4. The molecule has 0 fully saturated rings. The van der Waals surface area contributed by atoms with Gasteiger partial charge in [0.2, 0.25) is 0 Å². The van der Waals surface area contributed by atoms with Gasteiger partial charge in [-0.1, -0.05) is 36.8 Å². The number of methoxy groups -OCH3 is 1. The first kappa shape index (κ1) is 33.7. The number of aromatic nitrogens is 2.